The van der Waals surface area contributed by atoms with Crippen LogP contribution in [0.5, 0.6) is 0 Å². The number of hydrogen-bond acceptors (Lipinski definition) is 5. The molecule has 2 aromatic heterocycles. The Hall–Kier alpha value is -2.96. The Balaban J connectivity index is 1.42. The van der Waals surface area contributed by atoms with Crippen LogP contribution in [0, 0.1) is 20.8 Å². The van der Waals surface area contributed by atoms with E-state index in [2.05, 4.69) is 21.3 Å². The minimum atomic E-state index is 0.0791. The molecule has 0 radical (unpaired) electrons. The van der Waals surface area contributed by atoms with E-state index in [1.54, 1.807) is 0 Å². The molecule has 1 aromatic carbocycles. The first-order valence-electron chi connectivity index (χ1n) is 9.69. The highest BCUT2D eigenvalue weighted by Gasteiger charge is 2.27. The van der Waals surface area contributed by atoms with Crippen LogP contribution >= 0.6 is 0 Å². The molecule has 1 fully saturated rings. The number of rotatable bonds is 4. The van der Waals surface area contributed by atoms with Crippen molar-refractivity contribution in [3.63, 3.8) is 0 Å². The van der Waals surface area contributed by atoms with Crippen LogP contribution in [0.25, 0.3) is 0 Å². The van der Waals surface area contributed by atoms with Crippen LogP contribution in [0.4, 0.5) is 0 Å². The number of nitrogens with zero attached hydrogens (tertiary/aromatic N) is 5. The zero-order chi connectivity index (χ0) is 19.7. The molecule has 1 amide bonds. The molecule has 146 valence electrons. The van der Waals surface area contributed by atoms with Crippen molar-refractivity contribution in [2.45, 2.75) is 46.1 Å². The zero-order valence-corrected chi connectivity index (χ0v) is 16.6. The third-order valence-electron chi connectivity index (χ3n) is 5.28. The third kappa shape index (κ3) is 3.83. The first-order valence-corrected chi connectivity index (χ1v) is 9.69. The van der Waals surface area contributed by atoms with Gasteiger partial charge in [-0.25, -0.2) is 0 Å². The van der Waals surface area contributed by atoms with E-state index >= 15 is 0 Å². The normalized spacial score (nSPS) is 15.2. The molecule has 28 heavy (non-hydrogen) atoms. The van der Waals surface area contributed by atoms with Crippen molar-refractivity contribution >= 4 is 5.91 Å². The van der Waals surface area contributed by atoms with Gasteiger partial charge in [-0.3, -0.25) is 9.48 Å². The summed E-state index contributed by atoms with van der Waals surface area (Å²) in [6.45, 7) is 7.93. The molecule has 0 saturated carbocycles. The topological polar surface area (TPSA) is 77.0 Å². The smallest absolute Gasteiger partial charge is 0.253 e. The van der Waals surface area contributed by atoms with Gasteiger partial charge in [-0.05, 0) is 57.4 Å². The van der Waals surface area contributed by atoms with E-state index in [9.17, 15) is 4.79 Å². The van der Waals surface area contributed by atoms with Crippen LogP contribution < -0.4 is 0 Å². The summed E-state index contributed by atoms with van der Waals surface area (Å²) in [4.78, 5) is 19.2. The van der Waals surface area contributed by atoms with Crippen molar-refractivity contribution in [3.8, 4) is 0 Å². The highest BCUT2D eigenvalue weighted by Crippen LogP contribution is 2.27. The number of amides is 1. The van der Waals surface area contributed by atoms with Gasteiger partial charge in [0.25, 0.3) is 5.91 Å². The number of aryl methyl sites for hydroxylation is 3. The van der Waals surface area contributed by atoms with Crippen LogP contribution in [-0.2, 0) is 6.54 Å². The van der Waals surface area contributed by atoms with E-state index in [-0.39, 0.29) is 11.8 Å². The summed E-state index contributed by atoms with van der Waals surface area (Å²) >= 11 is 0. The maximum Gasteiger partial charge on any atom is 0.253 e. The summed E-state index contributed by atoms with van der Waals surface area (Å²) in [5.74, 6) is 1.67. The summed E-state index contributed by atoms with van der Waals surface area (Å²) in [5, 5.41) is 8.38. The van der Waals surface area contributed by atoms with Crippen LogP contribution in [0.1, 0.15) is 57.8 Å². The maximum atomic E-state index is 13.0. The molecule has 1 aliphatic rings. The molecule has 1 aliphatic heterocycles. The van der Waals surface area contributed by atoms with Crippen LogP contribution in [0.3, 0.4) is 0 Å². The molecular formula is C21H25N5O2. The van der Waals surface area contributed by atoms with Gasteiger partial charge in [0.2, 0.25) is 5.89 Å². The molecule has 0 unspecified atom stereocenters. The summed E-state index contributed by atoms with van der Waals surface area (Å²) < 4.78 is 7.26. The fraction of sp³-hybridized carbons (Fsp3) is 0.429. The summed E-state index contributed by atoms with van der Waals surface area (Å²) in [5.41, 5.74) is 3.93. The lowest BCUT2D eigenvalue weighted by atomic mass is 9.96. The first kappa shape index (κ1) is 18.4. The van der Waals surface area contributed by atoms with Gasteiger partial charge in [-0.15, -0.1) is 0 Å². The second-order valence-electron chi connectivity index (χ2n) is 7.53. The predicted octanol–water partition coefficient (Wildman–Crippen LogP) is 3.26. The quantitative estimate of drug-likeness (QED) is 0.695. The van der Waals surface area contributed by atoms with E-state index in [0.29, 0.717) is 31.3 Å². The van der Waals surface area contributed by atoms with Crippen molar-refractivity contribution in [2.24, 2.45) is 0 Å². The number of benzene rings is 1. The number of carbonyl (C=O) groups is 1. The Morgan fingerprint density at radius 3 is 2.61 bits per heavy atom. The van der Waals surface area contributed by atoms with Gasteiger partial charge in [0, 0.05) is 30.3 Å². The Morgan fingerprint density at radius 1 is 1.18 bits per heavy atom. The van der Waals surface area contributed by atoms with Gasteiger partial charge in [-0.2, -0.15) is 10.1 Å². The Labute approximate surface area is 164 Å². The zero-order valence-electron chi connectivity index (χ0n) is 16.6. The summed E-state index contributed by atoms with van der Waals surface area (Å²) in [6, 6.07) is 9.91. The molecule has 0 atom stereocenters. The lowest BCUT2D eigenvalue weighted by molar-refractivity contribution is 0.0704. The monoisotopic (exact) mass is 379 g/mol. The van der Waals surface area contributed by atoms with Gasteiger partial charge < -0.3 is 9.42 Å². The molecule has 7 heteroatoms. The largest absolute Gasteiger partial charge is 0.339 e. The molecule has 3 aromatic rings. The minimum absolute atomic E-state index is 0.0791. The average molecular weight is 379 g/mol. The molecule has 0 bridgehead atoms. The molecular weight excluding hydrogens is 354 g/mol. The molecule has 1 saturated heterocycles. The summed E-state index contributed by atoms with van der Waals surface area (Å²) in [7, 11) is 0. The molecule has 0 spiro atoms. The Bertz CT molecular complexity index is 982. The first-order chi connectivity index (χ1) is 13.5. The fourth-order valence-electron chi connectivity index (χ4n) is 3.80. The summed E-state index contributed by atoms with van der Waals surface area (Å²) in [6.07, 6.45) is 1.69. The number of aromatic nitrogens is 4. The van der Waals surface area contributed by atoms with E-state index in [4.69, 9.17) is 4.52 Å². The van der Waals surface area contributed by atoms with Crippen molar-refractivity contribution < 1.29 is 9.32 Å². The number of likely N-dealkylation sites (tertiary alicyclic amines) is 1. The van der Waals surface area contributed by atoms with Crippen molar-refractivity contribution in [2.75, 3.05) is 13.1 Å². The lowest BCUT2D eigenvalue weighted by Crippen LogP contribution is -2.38. The Kier molecular flexibility index (Phi) is 4.98. The number of carbonyl (C=O) groups excluding carboxylic acids is 1. The molecule has 7 nitrogen and oxygen atoms in total. The van der Waals surface area contributed by atoms with Gasteiger partial charge in [0.1, 0.15) is 0 Å². The number of hydrogen-bond donors (Lipinski definition) is 0. The highest BCUT2D eigenvalue weighted by molar-refractivity contribution is 5.94. The Morgan fingerprint density at radius 2 is 1.96 bits per heavy atom. The van der Waals surface area contributed by atoms with E-state index in [1.165, 1.54) is 0 Å². The molecule has 4 rings (SSSR count). The van der Waals surface area contributed by atoms with Crippen molar-refractivity contribution in [1.82, 2.24) is 24.8 Å². The maximum absolute atomic E-state index is 13.0. The van der Waals surface area contributed by atoms with E-state index in [0.717, 1.165) is 35.4 Å². The lowest BCUT2D eigenvalue weighted by Gasteiger charge is -2.30. The van der Waals surface area contributed by atoms with Crippen LogP contribution in [0.2, 0.25) is 0 Å². The predicted molar refractivity (Wildman–Crippen MR) is 104 cm³/mol. The van der Waals surface area contributed by atoms with E-state index < -0.39 is 0 Å². The highest BCUT2D eigenvalue weighted by atomic mass is 16.5. The van der Waals surface area contributed by atoms with Crippen LogP contribution in [-0.4, -0.2) is 43.8 Å². The number of piperidine rings is 1. The standard InChI is InChI=1S/C21H25N5O2/c1-14-11-15(2)26(23-14)13-17-5-4-6-19(12-17)21(27)25-9-7-18(8-10-25)20-22-16(3)24-28-20/h4-6,11-12,18H,7-10,13H2,1-3H3. The van der Waals surface area contributed by atoms with Crippen LogP contribution in [0.15, 0.2) is 34.9 Å². The second-order valence-corrected chi connectivity index (χ2v) is 7.53. The van der Waals surface area contributed by atoms with Gasteiger partial charge in [0.15, 0.2) is 5.82 Å². The molecule has 0 N–H and O–H groups in total. The minimum Gasteiger partial charge on any atom is -0.339 e. The molecule has 3 heterocycles. The fourth-order valence-corrected chi connectivity index (χ4v) is 3.80. The van der Waals surface area contributed by atoms with Gasteiger partial charge in [-0.1, -0.05) is 17.3 Å². The third-order valence-corrected chi connectivity index (χ3v) is 5.28. The van der Waals surface area contributed by atoms with Gasteiger partial charge in [0.05, 0.1) is 12.2 Å². The molecule has 0 aliphatic carbocycles. The average Bonchev–Trinajstić information content (AvgIpc) is 3.26. The van der Waals surface area contributed by atoms with Crippen molar-refractivity contribution in [1.29, 1.82) is 0 Å². The van der Waals surface area contributed by atoms with Crippen molar-refractivity contribution in [3.05, 3.63) is 64.6 Å². The SMILES string of the molecule is Cc1cc(C)n(Cc2cccc(C(=O)N3CCC(c4nc(C)no4)CC3)c2)n1. The van der Waals surface area contributed by atoms with E-state index in [1.807, 2.05) is 54.6 Å². The second kappa shape index (κ2) is 7.58. The van der Waals surface area contributed by atoms with Gasteiger partial charge >= 0.3 is 0 Å².